The largest absolute Gasteiger partial charge is 0.493 e. The van der Waals surface area contributed by atoms with Gasteiger partial charge in [-0.05, 0) is 60.2 Å². The minimum Gasteiger partial charge on any atom is -0.493 e. The van der Waals surface area contributed by atoms with E-state index in [4.69, 9.17) is 21.1 Å². The van der Waals surface area contributed by atoms with E-state index in [1.165, 1.54) is 19.1 Å². The average Bonchev–Trinajstić information content (AvgIpc) is 2.83. The fourth-order valence-electron chi connectivity index (χ4n) is 3.09. The van der Waals surface area contributed by atoms with Crippen molar-refractivity contribution in [2.45, 2.75) is 0 Å². The summed E-state index contributed by atoms with van der Waals surface area (Å²) < 4.78 is 10.7. The van der Waals surface area contributed by atoms with Gasteiger partial charge in [0.05, 0.1) is 25.6 Å². The molecule has 1 aliphatic rings. The predicted octanol–water partition coefficient (Wildman–Crippen LogP) is 5.27. The molecule has 0 saturated carbocycles. The molecular formula is C25H18ClN3O3. The van der Waals surface area contributed by atoms with Gasteiger partial charge in [0.15, 0.2) is 17.1 Å². The lowest BCUT2D eigenvalue weighted by molar-refractivity contribution is 0.101. The summed E-state index contributed by atoms with van der Waals surface area (Å²) in [5, 5.41) is 19.3. The topological polar surface area (TPSA) is 86.4 Å². The minimum atomic E-state index is -0.316. The first-order chi connectivity index (χ1) is 15.5. The molecule has 0 aromatic heterocycles. The van der Waals surface area contributed by atoms with Gasteiger partial charge in [0, 0.05) is 16.8 Å². The zero-order valence-electron chi connectivity index (χ0n) is 17.4. The third kappa shape index (κ3) is 4.73. The number of hydrogen-bond donors (Lipinski definition) is 0. The summed E-state index contributed by atoms with van der Waals surface area (Å²) in [6, 6.07) is 15.5. The number of nitriles is 2. The van der Waals surface area contributed by atoms with Crippen LogP contribution in [0.3, 0.4) is 0 Å². The lowest BCUT2D eigenvalue weighted by Crippen LogP contribution is -2.24. The first-order valence-corrected chi connectivity index (χ1v) is 9.82. The van der Waals surface area contributed by atoms with Crippen LogP contribution < -0.4 is 9.47 Å². The molecule has 1 heterocycles. The Bertz CT molecular complexity index is 1230. The molecule has 0 N–H and O–H groups in total. The average molecular weight is 444 g/mol. The van der Waals surface area contributed by atoms with Crippen molar-refractivity contribution in [3.8, 4) is 23.6 Å². The molecule has 0 amide bonds. The highest BCUT2D eigenvalue weighted by atomic mass is 35.5. The van der Waals surface area contributed by atoms with E-state index in [2.05, 4.69) is 0 Å². The van der Waals surface area contributed by atoms with Gasteiger partial charge in [0.25, 0.3) is 0 Å². The molecule has 0 saturated heterocycles. The van der Waals surface area contributed by atoms with E-state index in [1.54, 1.807) is 73.0 Å². The molecule has 6 nitrogen and oxygen atoms in total. The van der Waals surface area contributed by atoms with Crippen molar-refractivity contribution >= 4 is 23.5 Å². The van der Waals surface area contributed by atoms with Crippen LogP contribution in [0.4, 0.5) is 0 Å². The number of ketones is 1. The van der Waals surface area contributed by atoms with Crippen LogP contribution in [0.5, 0.6) is 11.5 Å². The number of rotatable bonds is 6. The molecule has 3 rings (SSSR count). The number of ether oxygens (including phenoxy) is 2. The summed E-state index contributed by atoms with van der Waals surface area (Å²) in [4.78, 5) is 15.1. The number of Topliss-reactive ketones (excluding diaryl/α,β-unsaturated/α-hetero) is 1. The number of methoxy groups -OCH3 is 2. The minimum absolute atomic E-state index is 0.118. The molecule has 0 fully saturated rings. The van der Waals surface area contributed by atoms with Gasteiger partial charge in [-0.3, -0.25) is 4.79 Å². The Morgan fingerprint density at radius 3 is 2.31 bits per heavy atom. The predicted molar refractivity (Wildman–Crippen MR) is 122 cm³/mol. The summed E-state index contributed by atoms with van der Waals surface area (Å²) in [6.45, 7) is 0. The van der Waals surface area contributed by atoms with Crippen LogP contribution in [-0.2, 0) is 0 Å². The molecule has 2 aromatic carbocycles. The number of allylic oxidation sites excluding steroid dienone is 5. The van der Waals surface area contributed by atoms with Gasteiger partial charge in [0.2, 0.25) is 5.78 Å². The van der Waals surface area contributed by atoms with Crippen molar-refractivity contribution in [1.29, 1.82) is 10.5 Å². The number of halogens is 1. The third-order valence-corrected chi connectivity index (χ3v) is 4.90. The summed E-state index contributed by atoms with van der Waals surface area (Å²) >= 11 is 5.98. The van der Waals surface area contributed by atoms with E-state index in [9.17, 15) is 15.3 Å². The number of nitrogens with zero attached hydrogens (tertiary/aromatic N) is 3. The Kier molecular flexibility index (Phi) is 7.13. The van der Waals surface area contributed by atoms with E-state index in [-0.39, 0.29) is 17.1 Å². The van der Waals surface area contributed by atoms with Crippen LogP contribution in [0.2, 0.25) is 5.02 Å². The Balaban J connectivity index is 2.20. The highest BCUT2D eigenvalue weighted by molar-refractivity contribution is 6.30. The number of hydrogen-bond acceptors (Lipinski definition) is 6. The number of benzene rings is 2. The maximum absolute atomic E-state index is 13.5. The zero-order chi connectivity index (χ0) is 23.1. The van der Waals surface area contributed by atoms with Gasteiger partial charge < -0.3 is 14.4 Å². The van der Waals surface area contributed by atoms with E-state index in [0.29, 0.717) is 33.3 Å². The molecule has 2 aromatic rings. The van der Waals surface area contributed by atoms with E-state index in [1.807, 2.05) is 12.1 Å². The molecule has 0 atom stereocenters. The Morgan fingerprint density at radius 1 is 1.00 bits per heavy atom. The molecule has 7 heteroatoms. The zero-order valence-corrected chi connectivity index (χ0v) is 18.1. The van der Waals surface area contributed by atoms with Crippen molar-refractivity contribution in [3.63, 3.8) is 0 Å². The first kappa shape index (κ1) is 22.4. The number of carbonyl (C=O) groups is 1. The van der Waals surface area contributed by atoms with Crippen molar-refractivity contribution in [2.24, 2.45) is 0 Å². The Hall–Kier alpha value is -4.26. The second kappa shape index (κ2) is 10.2. The maximum Gasteiger partial charge on any atom is 0.209 e. The van der Waals surface area contributed by atoms with Crippen LogP contribution >= 0.6 is 11.6 Å². The van der Waals surface area contributed by atoms with E-state index >= 15 is 0 Å². The molecule has 158 valence electrons. The standard InChI is InChI=1S/C25H18ClN3O3/c1-31-23-11-6-17(14-24(23)32-2)13-22(25(30)18-7-9-20(26)10-8-18)29-12-4-3-5-21(29)19(15-27)16-28/h3-14H,1-2H3/b22-13+. The van der Waals surface area contributed by atoms with Crippen LogP contribution in [0.15, 0.2) is 83.9 Å². The lowest BCUT2D eigenvalue weighted by Gasteiger charge is -2.26. The molecule has 0 radical (unpaired) electrons. The van der Waals surface area contributed by atoms with E-state index < -0.39 is 0 Å². The SMILES string of the molecule is COc1ccc(/C=C(\C(=O)c2ccc(Cl)cc2)N2C=CC=CC2=C(C#N)C#N)cc1OC. The molecule has 0 bridgehead atoms. The second-order valence-electron chi connectivity index (χ2n) is 6.53. The highest BCUT2D eigenvalue weighted by Gasteiger charge is 2.23. The molecule has 0 spiro atoms. The number of carbonyl (C=O) groups excluding carboxylic acids is 1. The molecule has 0 unspecified atom stereocenters. The normalized spacial score (nSPS) is 12.7. The molecule has 32 heavy (non-hydrogen) atoms. The highest BCUT2D eigenvalue weighted by Crippen LogP contribution is 2.31. The molecular weight excluding hydrogens is 426 g/mol. The fourth-order valence-corrected chi connectivity index (χ4v) is 3.22. The van der Waals surface area contributed by atoms with Gasteiger partial charge in [-0.2, -0.15) is 10.5 Å². The van der Waals surface area contributed by atoms with Gasteiger partial charge in [-0.15, -0.1) is 0 Å². The molecule has 1 aliphatic heterocycles. The fraction of sp³-hybridized carbons (Fsp3) is 0.0800. The Morgan fingerprint density at radius 2 is 1.69 bits per heavy atom. The summed E-state index contributed by atoms with van der Waals surface area (Å²) in [7, 11) is 3.06. The van der Waals surface area contributed by atoms with Crippen LogP contribution in [0.25, 0.3) is 6.08 Å². The van der Waals surface area contributed by atoms with E-state index in [0.717, 1.165) is 0 Å². The second-order valence-corrected chi connectivity index (χ2v) is 6.97. The lowest BCUT2D eigenvalue weighted by atomic mass is 10.0. The van der Waals surface area contributed by atoms with Gasteiger partial charge in [-0.1, -0.05) is 23.7 Å². The van der Waals surface area contributed by atoms with Gasteiger partial charge >= 0.3 is 0 Å². The van der Waals surface area contributed by atoms with Crippen molar-refractivity contribution < 1.29 is 14.3 Å². The monoisotopic (exact) mass is 443 g/mol. The quantitative estimate of drug-likeness (QED) is 0.343. The van der Waals surface area contributed by atoms with Gasteiger partial charge in [-0.25, -0.2) is 0 Å². The Labute approximate surface area is 191 Å². The maximum atomic E-state index is 13.5. The summed E-state index contributed by atoms with van der Waals surface area (Å²) in [6.07, 6.45) is 8.31. The van der Waals surface area contributed by atoms with Crippen molar-refractivity contribution in [1.82, 2.24) is 4.90 Å². The summed E-state index contributed by atoms with van der Waals surface area (Å²) in [5.41, 5.74) is 1.48. The smallest absolute Gasteiger partial charge is 0.209 e. The van der Waals surface area contributed by atoms with Gasteiger partial charge in [0.1, 0.15) is 12.1 Å². The van der Waals surface area contributed by atoms with Crippen LogP contribution in [0, 0.1) is 22.7 Å². The van der Waals surface area contributed by atoms with Crippen molar-refractivity contribution in [3.05, 3.63) is 100 Å². The molecule has 0 aliphatic carbocycles. The van der Waals surface area contributed by atoms with Crippen molar-refractivity contribution in [2.75, 3.05) is 14.2 Å². The third-order valence-electron chi connectivity index (χ3n) is 4.65. The van der Waals surface area contributed by atoms with Crippen LogP contribution in [0.1, 0.15) is 15.9 Å². The summed E-state index contributed by atoms with van der Waals surface area (Å²) in [5.74, 6) is 0.733. The van der Waals surface area contributed by atoms with Crippen LogP contribution in [-0.4, -0.2) is 24.9 Å². The first-order valence-electron chi connectivity index (χ1n) is 9.45.